The Morgan fingerprint density at radius 2 is 1.94 bits per heavy atom. The van der Waals surface area contributed by atoms with Crippen molar-refractivity contribution < 1.29 is 12.6 Å². The van der Waals surface area contributed by atoms with E-state index >= 15 is 0 Å². The molecule has 0 bridgehead atoms. The molecule has 1 aliphatic heterocycles. The van der Waals surface area contributed by atoms with Crippen LogP contribution < -0.4 is 4.72 Å². The van der Waals surface area contributed by atoms with Gasteiger partial charge in [-0.25, -0.2) is 17.3 Å². The van der Waals surface area contributed by atoms with Crippen LogP contribution in [0.2, 0.25) is 0 Å². The molecule has 0 aromatic heterocycles. The summed E-state index contributed by atoms with van der Waals surface area (Å²) in [6.07, 6.45) is 1.10. The lowest BCUT2D eigenvalue weighted by atomic mass is 10.1. The summed E-state index contributed by atoms with van der Waals surface area (Å²) >= 11 is 0. The summed E-state index contributed by atoms with van der Waals surface area (Å²) in [6, 6.07) is 7.29. The molecule has 0 saturated carbocycles. The van der Waals surface area contributed by atoms with E-state index in [1.807, 2.05) is 18.2 Å². The molecule has 0 radical (unpaired) electrons. The van der Waals surface area contributed by atoms with Gasteiger partial charge in [-0.05, 0) is 17.2 Å². The Labute approximate surface area is 110 Å². The summed E-state index contributed by atoms with van der Waals surface area (Å²) in [5, 5.41) is 1.59. The molecular formula is C10H13NO3S3. The molecule has 1 aromatic rings. The van der Waals surface area contributed by atoms with Gasteiger partial charge in [0.05, 0.1) is 22.0 Å². The Balaban J connectivity index is 0.00000144. The monoisotopic (exact) mass is 291 g/mol. The van der Waals surface area contributed by atoms with Gasteiger partial charge >= 0.3 is 0 Å². The minimum Gasteiger partial charge on any atom is -0.250 e. The van der Waals surface area contributed by atoms with E-state index in [1.165, 1.54) is 0 Å². The molecule has 0 aliphatic carbocycles. The summed E-state index contributed by atoms with van der Waals surface area (Å²) in [7, 11) is -4.37. The zero-order valence-corrected chi connectivity index (χ0v) is 11.8. The number of sulfonamides is 1. The van der Waals surface area contributed by atoms with Crippen LogP contribution in [0, 0.1) is 0 Å². The number of rotatable bonds is 3. The Hall–Kier alpha value is -0.630. The van der Waals surface area contributed by atoms with Crippen LogP contribution in [-0.4, -0.2) is 25.4 Å². The smallest absolute Gasteiger partial charge is 0.209 e. The molecular weight excluding hydrogens is 278 g/mol. The van der Waals surface area contributed by atoms with Crippen molar-refractivity contribution >= 4 is 39.9 Å². The van der Waals surface area contributed by atoms with E-state index < -0.39 is 20.8 Å². The molecule has 17 heavy (non-hydrogen) atoms. The highest BCUT2D eigenvalue weighted by Crippen LogP contribution is 2.29. The Bertz CT molecular complexity index is 578. The van der Waals surface area contributed by atoms with Crippen molar-refractivity contribution in [1.29, 1.82) is 0 Å². The minimum absolute atomic E-state index is 0. The predicted octanol–water partition coefficient (Wildman–Crippen LogP) is 0.811. The highest BCUT2D eigenvalue weighted by atomic mass is 32.2. The summed E-state index contributed by atoms with van der Waals surface area (Å²) < 4.78 is 36.0. The second-order valence-corrected chi connectivity index (χ2v) is 6.63. The summed E-state index contributed by atoms with van der Waals surface area (Å²) in [5.74, 6) is 0. The lowest BCUT2D eigenvalue weighted by molar-refractivity contribution is 0.592. The lowest BCUT2D eigenvalue weighted by Gasteiger charge is -2.04. The molecule has 2 rings (SSSR count). The molecule has 1 aromatic carbocycles. The van der Waals surface area contributed by atoms with Crippen LogP contribution in [0.4, 0.5) is 0 Å². The summed E-state index contributed by atoms with van der Waals surface area (Å²) in [5.41, 5.74) is 1.62. The van der Waals surface area contributed by atoms with Gasteiger partial charge in [0, 0.05) is 12.0 Å². The van der Waals surface area contributed by atoms with Gasteiger partial charge in [0.15, 0.2) is 0 Å². The fraction of sp³-hybridized carbons (Fsp3) is 0.200. The van der Waals surface area contributed by atoms with Crippen molar-refractivity contribution in [2.24, 2.45) is 0 Å². The minimum atomic E-state index is -3.22. The van der Waals surface area contributed by atoms with Crippen LogP contribution in [0.5, 0.6) is 0 Å². The number of hydrogen-bond donors (Lipinski definition) is 1. The molecule has 94 valence electrons. The topological polar surface area (TPSA) is 63.2 Å². The first-order valence-corrected chi connectivity index (χ1v) is 7.73. The highest BCUT2D eigenvalue weighted by molar-refractivity contribution is 7.89. The van der Waals surface area contributed by atoms with E-state index in [-0.39, 0.29) is 20.0 Å². The quantitative estimate of drug-likeness (QED) is 0.896. The van der Waals surface area contributed by atoms with Crippen molar-refractivity contribution in [3.8, 4) is 0 Å². The molecule has 1 atom stereocenters. The first-order chi connectivity index (χ1) is 7.47. The van der Waals surface area contributed by atoms with Crippen LogP contribution in [0.1, 0.15) is 5.56 Å². The predicted molar refractivity (Wildman–Crippen MR) is 74.1 cm³/mol. The number of benzene rings is 1. The number of nitrogens with one attached hydrogen (secondary N) is 1. The third-order valence-corrected chi connectivity index (χ3v) is 4.18. The molecule has 1 heterocycles. The van der Waals surface area contributed by atoms with Gasteiger partial charge in [-0.1, -0.05) is 18.2 Å². The van der Waals surface area contributed by atoms with Crippen LogP contribution in [0.25, 0.3) is 5.57 Å². The zero-order valence-electron chi connectivity index (χ0n) is 9.14. The van der Waals surface area contributed by atoms with Crippen molar-refractivity contribution in [2.75, 3.05) is 12.8 Å². The second-order valence-electron chi connectivity index (χ2n) is 3.53. The van der Waals surface area contributed by atoms with Crippen LogP contribution in [0.15, 0.2) is 34.6 Å². The van der Waals surface area contributed by atoms with Gasteiger partial charge in [-0.2, -0.15) is 13.5 Å². The Morgan fingerprint density at radius 1 is 1.29 bits per heavy atom. The van der Waals surface area contributed by atoms with Crippen LogP contribution in [0.3, 0.4) is 0 Å². The Morgan fingerprint density at radius 3 is 2.59 bits per heavy atom. The van der Waals surface area contributed by atoms with Gasteiger partial charge in [-0.15, -0.1) is 0 Å². The summed E-state index contributed by atoms with van der Waals surface area (Å²) in [6.45, 7) is 0.182. The maximum Gasteiger partial charge on any atom is 0.209 e. The van der Waals surface area contributed by atoms with Crippen LogP contribution in [-0.2, 0) is 20.8 Å². The zero-order chi connectivity index (χ0) is 11.8. The van der Waals surface area contributed by atoms with E-state index in [1.54, 1.807) is 11.5 Å². The van der Waals surface area contributed by atoms with Gasteiger partial charge < -0.3 is 0 Å². The van der Waals surface area contributed by atoms with Gasteiger partial charge in [-0.3, -0.25) is 0 Å². The normalized spacial score (nSPS) is 18.2. The second kappa shape index (κ2) is 5.34. The average Bonchev–Trinajstić information content (AvgIpc) is 2.53. The lowest BCUT2D eigenvalue weighted by Crippen LogP contribution is -2.23. The molecule has 0 saturated heterocycles. The van der Waals surface area contributed by atoms with E-state index in [4.69, 9.17) is 0 Å². The van der Waals surface area contributed by atoms with Crippen molar-refractivity contribution in [3.05, 3.63) is 35.2 Å². The van der Waals surface area contributed by atoms with Crippen LogP contribution >= 0.6 is 13.5 Å². The van der Waals surface area contributed by atoms with E-state index in [2.05, 4.69) is 4.72 Å². The van der Waals surface area contributed by atoms with E-state index in [0.29, 0.717) is 0 Å². The molecule has 7 heteroatoms. The standard InChI is InChI=1S/C10H11NO3S2.H2S/c1-16(13,14)11-6-8-7-15(12)10-5-3-2-4-9(8)10;/h2-5,7,11H,6H2,1H3;1H2. The molecule has 0 fully saturated rings. The third kappa shape index (κ3) is 3.41. The van der Waals surface area contributed by atoms with Crippen molar-refractivity contribution in [2.45, 2.75) is 4.90 Å². The first kappa shape index (κ1) is 14.4. The maximum atomic E-state index is 11.7. The largest absolute Gasteiger partial charge is 0.250 e. The third-order valence-electron chi connectivity index (χ3n) is 2.22. The fourth-order valence-electron chi connectivity index (χ4n) is 1.51. The maximum absolute atomic E-state index is 11.7. The molecule has 0 spiro atoms. The first-order valence-electron chi connectivity index (χ1n) is 4.63. The highest BCUT2D eigenvalue weighted by Gasteiger charge is 2.19. The Kier molecular flexibility index (Phi) is 4.54. The van der Waals surface area contributed by atoms with Gasteiger partial charge in [0.1, 0.15) is 0 Å². The van der Waals surface area contributed by atoms with Gasteiger partial charge in [0.2, 0.25) is 10.0 Å². The molecule has 1 N–H and O–H groups in total. The van der Waals surface area contributed by atoms with E-state index in [0.717, 1.165) is 22.3 Å². The van der Waals surface area contributed by atoms with Crippen molar-refractivity contribution in [1.82, 2.24) is 4.72 Å². The summed E-state index contributed by atoms with van der Waals surface area (Å²) in [4.78, 5) is 0.743. The SMILES string of the molecule is CS(=O)(=O)NCC1=CS(=O)c2ccccc21.S. The van der Waals surface area contributed by atoms with E-state index in [9.17, 15) is 12.6 Å². The molecule has 1 aliphatic rings. The van der Waals surface area contributed by atoms with Gasteiger partial charge in [0.25, 0.3) is 0 Å². The fourth-order valence-corrected chi connectivity index (χ4v) is 3.15. The average molecular weight is 291 g/mol. The molecule has 1 unspecified atom stereocenters. The number of fused-ring (bicyclic) bond motifs is 1. The molecule has 0 amide bonds. The van der Waals surface area contributed by atoms with Crippen molar-refractivity contribution in [3.63, 3.8) is 0 Å². The molecule has 4 nitrogen and oxygen atoms in total. The number of hydrogen-bond acceptors (Lipinski definition) is 3.